The summed E-state index contributed by atoms with van der Waals surface area (Å²) >= 11 is 1.60. The Morgan fingerprint density at radius 2 is 1.14 bits per heavy atom. The van der Waals surface area contributed by atoms with Gasteiger partial charge in [0.1, 0.15) is 5.03 Å². The second-order valence-corrected chi connectivity index (χ2v) is 18.5. The van der Waals surface area contributed by atoms with Gasteiger partial charge in [-0.1, -0.05) is 52.0 Å². The number of rotatable bonds is 14. The number of amides is 2. The first-order valence-electron chi connectivity index (χ1n) is 19.6. The molecule has 4 heterocycles. The Kier molecular flexibility index (Phi) is 12.0. The first kappa shape index (κ1) is 40.7. The first-order chi connectivity index (χ1) is 27.8. The summed E-state index contributed by atoms with van der Waals surface area (Å²) in [7, 11) is -3.51. The van der Waals surface area contributed by atoms with Crippen LogP contribution in [0.5, 0.6) is 0 Å². The summed E-state index contributed by atoms with van der Waals surface area (Å²) in [6.45, 7) is 10.1. The minimum atomic E-state index is -3.51. The Labute approximate surface area is 342 Å². The normalized spacial score (nSPS) is 14.1. The summed E-state index contributed by atoms with van der Waals surface area (Å²) in [4.78, 5) is 33.5. The van der Waals surface area contributed by atoms with Gasteiger partial charge in [-0.2, -0.15) is 10.2 Å². The van der Waals surface area contributed by atoms with Gasteiger partial charge in [0.25, 0.3) is 11.8 Å². The number of fused-ring (bicyclic) bond motifs is 2. The van der Waals surface area contributed by atoms with Gasteiger partial charge in [-0.3, -0.25) is 9.59 Å². The molecule has 6 aromatic rings. The lowest BCUT2D eigenvalue weighted by Crippen LogP contribution is -2.25. The molecule has 8 rings (SSSR count). The van der Waals surface area contributed by atoms with Gasteiger partial charge in [0.2, 0.25) is 0 Å². The number of thioether (sulfide) groups is 1. The lowest BCUT2D eigenvalue weighted by atomic mass is 10.1. The standard InChI is InChI=1S/C21H25N5O3S.C21H25N5OS/c1-13(2)11-22-17-10-19(30(3,28)29)25-26-18(12-23-20(17)26)14-4-6-15(7-5-14)21(27)24-16-8-9-16;1-13(2)11-22-17-10-19(28-3)25-26-18(12-23-20(17)26)14-4-6-15(7-5-14)21(27)24-16-8-9-16/h4-7,10,12-13,16,22H,8-9,11H2,1-3H3,(H,24,27);4-7,10,12-13,16,22H,8-9,11H2,1-3H3,(H,24,27). The Bertz CT molecular complexity index is 2540. The van der Waals surface area contributed by atoms with E-state index in [1.807, 2.05) is 59.4 Å². The Balaban J connectivity index is 0.000000177. The van der Waals surface area contributed by atoms with E-state index in [0.717, 1.165) is 71.7 Å². The fraction of sp³-hybridized carbons (Fsp3) is 0.381. The number of anilines is 2. The summed E-state index contributed by atoms with van der Waals surface area (Å²) in [5.74, 6) is 0.827. The molecule has 4 aromatic heterocycles. The van der Waals surface area contributed by atoms with E-state index in [9.17, 15) is 18.0 Å². The molecule has 304 valence electrons. The van der Waals surface area contributed by atoms with Crippen molar-refractivity contribution in [2.75, 3.05) is 36.2 Å². The molecule has 2 aliphatic carbocycles. The molecule has 2 aliphatic rings. The van der Waals surface area contributed by atoms with Gasteiger partial charge < -0.3 is 21.3 Å². The molecule has 0 radical (unpaired) electrons. The van der Waals surface area contributed by atoms with Crippen LogP contribution in [0.1, 0.15) is 74.1 Å². The molecule has 2 saturated carbocycles. The number of hydrogen-bond acceptors (Lipinski definition) is 11. The third-order valence-electron chi connectivity index (χ3n) is 9.59. The predicted octanol–water partition coefficient (Wildman–Crippen LogP) is 6.84. The number of nitrogens with one attached hydrogen (secondary N) is 4. The van der Waals surface area contributed by atoms with E-state index in [1.165, 1.54) is 10.6 Å². The number of sulfone groups is 1. The highest BCUT2D eigenvalue weighted by Crippen LogP contribution is 2.29. The minimum absolute atomic E-state index is 0.00448. The molecular weight excluding hydrogens is 773 g/mol. The molecule has 0 unspecified atom stereocenters. The third kappa shape index (κ3) is 9.79. The van der Waals surface area contributed by atoms with Crippen molar-refractivity contribution in [1.29, 1.82) is 0 Å². The zero-order valence-corrected chi connectivity index (χ0v) is 35.2. The van der Waals surface area contributed by atoms with Crippen molar-refractivity contribution < 1.29 is 18.0 Å². The van der Waals surface area contributed by atoms with E-state index in [1.54, 1.807) is 30.1 Å². The van der Waals surface area contributed by atoms with Crippen LogP contribution < -0.4 is 21.3 Å². The summed E-state index contributed by atoms with van der Waals surface area (Å²) in [5, 5.41) is 22.7. The number of nitrogens with zero attached hydrogens (tertiary/aromatic N) is 6. The molecule has 16 heteroatoms. The molecule has 4 N–H and O–H groups in total. The maximum atomic E-state index is 12.2. The molecule has 0 atom stereocenters. The van der Waals surface area contributed by atoms with Gasteiger partial charge in [0.15, 0.2) is 26.2 Å². The lowest BCUT2D eigenvalue weighted by molar-refractivity contribution is 0.0942. The van der Waals surface area contributed by atoms with Crippen LogP contribution in [0.4, 0.5) is 11.4 Å². The first-order valence-corrected chi connectivity index (χ1v) is 22.7. The lowest BCUT2D eigenvalue weighted by Gasteiger charge is -2.12. The maximum Gasteiger partial charge on any atom is 0.251 e. The van der Waals surface area contributed by atoms with Crippen molar-refractivity contribution in [3.63, 3.8) is 0 Å². The molecule has 0 spiro atoms. The van der Waals surface area contributed by atoms with Crippen molar-refractivity contribution in [2.24, 2.45) is 11.8 Å². The second kappa shape index (κ2) is 17.2. The molecule has 2 aromatic carbocycles. The fourth-order valence-electron chi connectivity index (χ4n) is 6.03. The van der Waals surface area contributed by atoms with Crippen molar-refractivity contribution in [3.05, 3.63) is 84.2 Å². The highest BCUT2D eigenvalue weighted by molar-refractivity contribution is 7.98. The summed E-state index contributed by atoms with van der Waals surface area (Å²) < 4.78 is 27.8. The van der Waals surface area contributed by atoms with Crippen LogP contribution in [0, 0.1) is 11.8 Å². The van der Waals surface area contributed by atoms with Gasteiger partial charge in [-0.25, -0.2) is 27.4 Å². The van der Waals surface area contributed by atoms with Crippen LogP contribution in [0.25, 0.3) is 33.8 Å². The van der Waals surface area contributed by atoms with E-state index >= 15 is 0 Å². The maximum absolute atomic E-state index is 12.2. The molecule has 0 saturated heterocycles. The van der Waals surface area contributed by atoms with E-state index < -0.39 is 9.84 Å². The molecule has 0 bridgehead atoms. The molecule has 2 fully saturated rings. The molecule has 14 nitrogen and oxygen atoms in total. The minimum Gasteiger partial charge on any atom is -0.382 e. The van der Waals surface area contributed by atoms with Crippen LogP contribution in [0.3, 0.4) is 0 Å². The van der Waals surface area contributed by atoms with Crippen LogP contribution in [0.15, 0.2) is 83.1 Å². The van der Waals surface area contributed by atoms with E-state index in [-0.39, 0.29) is 16.8 Å². The van der Waals surface area contributed by atoms with E-state index in [2.05, 4.69) is 64.0 Å². The Hall–Kier alpha value is -5.48. The molecule has 2 amide bonds. The molecule has 0 aliphatic heterocycles. The van der Waals surface area contributed by atoms with Gasteiger partial charge in [-0.15, -0.1) is 11.8 Å². The van der Waals surface area contributed by atoms with E-state index in [4.69, 9.17) is 5.10 Å². The fourth-order valence-corrected chi connectivity index (χ4v) is 6.99. The van der Waals surface area contributed by atoms with Crippen LogP contribution >= 0.6 is 11.8 Å². The number of carbonyl (C=O) groups is 2. The van der Waals surface area contributed by atoms with Crippen molar-refractivity contribution >= 4 is 56.1 Å². The zero-order chi connectivity index (χ0) is 41.1. The van der Waals surface area contributed by atoms with Crippen molar-refractivity contribution in [2.45, 2.75) is 75.5 Å². The molecule has 58 heavy (non-hydrogen) atoms. The van der Waals surface area contributed by atoms with Crippen LogP contribution in [-0.4, -0.2) is 87.1 Å². The number of imidazole rings is 2. The smallest absolute Gasteiger partial charge is 0.251 e. The Morgan fingerprint density at radius 1 is 0.707 bits per heavy atom. The SMILES string of the molecule is CC(C)CNc1cc(S(C)(=O)=O)nn2c(-c3ccc(C(=O)NC4CC4)cc3)cnc12.CSc1cc(NCC(C)C)c2ncc(-c3ccc(C(=O)NC4CC4)cc3)n2n1. The quantitative estimate of drug-likeness (QED) is 0.0847. The zero-order valence-electron chi connectivity index (χ0n) is 33.6. The number of hydrogen-bond donors (Lipinski definition) is 4. The summed E-state index contributed by atoms with van der Waals surface area (Å²) in [6, 6.07) is 19.0. The average molecular weight is 823 g/mol. The second-order valence-electron chi connectivity index (χ2n) is 15.7. The monoisotopic (exact) mass is 822 g/mol. The third-order valence-corrected chi connectivity index (χ3v) is 11.2. The largest absolute Gasteiger partial charge is 0.382 e. The van der Waals surface area contributed by atoms with Gasteiger partial charge in [-0.05, 0) is 74.1 Å². The van der Waals surface area contributed by atoms with Gasteiger partial charge >= 0.3 is 0 Å². The highest BCUT2D eigenvalue weighted by atomic mass is 32.2. The van der Waals surface area contributed by atoms with Gasteiger partial charge in [0.05, 0.1) is 35.2 Å². The topological polar surface area (TPSA) is 177 Å². The number of carbonyl (C=O) groups excluding carboxylic acids is 2. The molecular formula is C42H50N10O4S2. The summed E-state index contributed by atoms with van der Waals surface area (Å²) in [6.07, 6.45) is 10.9. The number of benzene rings is 2. The Morgan fingerprint density at radius 3 is 1.53 bits per heavy atom. The number of aromatic nitrogens is 6. The van der Waals surface area contributed by atoms with Crippen molar-refractivity contribution in [1.82, 2.24) is 39.8 Å². The highest BCUT2D eigenvalue weighted by Gasteiger charge is 2.25. The predicted molar refractivity (Wildman–Crippen MR) is 229 cm³/mol. The average Bonchev–Trinajstić information content (AvgIpc) is 4.12. The summed E-state index contributed by atoms with van der Waals surface area (Å²) in [5.41, 5.74) is 7.56. The van der Waals surface area contributed by atoms with Crippen molar-refractivity contribution in [3.8, 4) is 22.5 Å². The van der Waals surface area contributed by atoms with Gasteiger partial charge in [0, 0.05) is 59.7 Å². The van der Waals surface area contributed by atoms with Crippen LogP contribution in [-0.2, 0) is 9.84 Å². The van der Waals surface area contributed by atoms with Crippen LogP contribution in [0.2, 0.25) is 0 Å². The van der Waals surface area contributed by atoms with E-state index in [0.29, 0.717) is 58.6 Å².